The summed E-state index contributed by atoms with van der Waals surface area (Å²) in [6, 6.07) is 26.3. The third-order valence-electron chi connectivity index (χ3n) is 6.17. The summed E-state index contributed by atoms with van der Waals surface area (Å²) in [4.78, 5) is 15.8. The monoisotopic (exact) mass is 436 g/mol. The van der Waals surface area contributed by atoms with Gasteiger partial charge in [-0.3, -0.25) is 9.48 Å². The van der Waals surface area contributed by atoms with E-state index >= 15 is 0 Å². The van der Waals surface area contributed by atoms with Crippen LogP contribution in [0.2, 0.25) is 0 Å². The topological polar surface area (TPSA) is 50.2 Å². The van der Waals surface area contributed by atoms with Crippen LogP contribution >= 0.6 is 0 Å². The maximum atomic E-state index is 13.4. The number of hydrogen-bond acceptors (Lipinski definition) is 3. The highest BCUT2D eigenvalue weighted by Crippen LogP contribution is 2.27. The molecule has 0 unspecified atom stereocenters. The van der Waals surface area contributed by atoms with E-state index in [-0.39, 0.29) is 5.91 Å². The van der Waals surface area contributed by atoms with Gasteiger partial charge in [0.1, 0.15) is 5.69 Å². The molecule has 5 rings (SSSR count). The van der Waals surface area contributed by atoms with Crippen molar-refractivity contribution in [2.24, 2.45) is 0 Å². The highest BCUT2D eigenvalue weighted by Gasteiger charge is 2.19. The van der Waals surface area contributed by atoms with E-state index in [4.69, 9.17) is 5.10 Å². The number of aryl methyl sites for hydroxylation is 1. The molecule has 1 fully saturated rings. The Morgan fingerprint density at radius 1 is 0.939 bits per heavy atom. The van der Waals surface area contributed by atoms with Crippen molar-refractivity contribution in [3.63, 3.8) is 0 Å². The van der Waals surface area contributed by atoms with E-state index in [0.717, 1.165) is 35.5 Å². The average Bonchev–Trinajstić information content (AvgIpc) is 3.52. The third kappa shape index (κ3) is 4.67. The number of amides is 1. The minimum Gasteiger partial charge on any atom is -0.372 e. The Labute approximate surface area is 194 Å². The third-order valence-corrected chi connectivity index (χ3v) is 6.17. The van der Waals surface area contributed by atoms with Gasteiger partial charge in [0.2, 0.25) is 0 Å². The van der Waals surface area contributed by atoms with Crippen molar-refractivity contribution < 1.29 is 4.79 Å². The van der Waals surface area contributed by atoms with Gasteiger partial charge in [-0.25, -0.2) is 0 Å². The van der Waals surface area contributed by atoms with Crippen molar-refractivity contribution in [3.05, 3.63) is 102 Å². The predicted octanol–water partition coefficient (Wildman–Crippen LogP) is 5.76. The van der Waals surface area contributed by atoms with Crippen molar-refractivity contribution in [2.45, 2.75) is 26.3 Å². The number of benzene rings is 3. The molecule has 1 N–H and O–H groups in total. The molecule has 2 heterocycles. The van der Waals surface area contributed by atoms with Crippen LogP contribution in [-0.4, -0.2) is 28.8 Å². The van der Waals surface area contributed by atoms with E-state index in [2.05, 4.69) is 34.5 Å². The summed E-state index contributed by atoms with van der Waals surface area (Å²) < 4.78 is 1.84. The Morgan fingerprint density at radius 2 is 1.64 bits per heavy atom. The summed E-state index contributed by atoms with van der Waals surface area (Å²) >= 11 is 0. The van der Waals surface area contributed by atoms with Gasteiger partial charge >= 0.3 is 0 Å². The molecular weight excluding hydrogens is 408 g/mol. The van der Waals surface area contributed by atoms with Crippen LogP contribution < -0.4 is 10.2 Å². The highest BCUT2D eigenvalue weighted by molar-refractivity contribution is 6.08. The lowest BCUT2D eigenvalue weighted by molar-refractivity contribution is 0.102. The molecule has 1 aliphatic rings. The first kappa shape index (κ1) is 21.0. The second-order valence-electron chi connectivity index (χ2n) is 8.59. The molecule has 0 atom stereocenters. The first-order valence-electron chi connectivity index (χ1n) is 11.5. The lowest BCUT2D eigenvalue weighted by Gasteiger charge is -2.19. The Bertz CT molecular complexity index is 1240. The van der Waals surface area contributed by atoms with Crippen molar-refractivity contribution >= 4 is 17.3 Å². The smallest absolute Gasteiger partial charge is 0.259 e. The van der Waals surface area contributed by atoms with Crippen molar-refractivity contribution in [3.8, 4) is 11.3 Å². The molecule has 0 aliphatic carbocycles. The second-order valence-corrected chi connectivity index (χ2v) is 8.59. The van der Waals surface area contributed by atoms with Crippen LogP contribution in [-0.2, 0) is 6.54 Å². The van der Waals surface area contributed by atoms with E-state index in [0.29, 0.717) is 17.8 Å². The summed E-state index contributed by atoms with van der Waals surface area (Å²) in [6.07, 6.45) is 4.33. The van der Waals surface area contributed by atoms with E-state index < -0.39 is 0 Å². The number of nitrogens with zero attached hydrogens (tertiary/aromatic N) is 3. The largest absolute Gasteiger partial charge is 0.372 e. The van der Waals surface area contributed by atoms with Crippen molar-refractivity contribution in [2.75, 3.05) is 23.3 Å². The van der Waals surface area contributed by atoms with E-state index in [1.807, 2.05) is 72.4 Å². The Kier molecular flexibility index (Phi) is 5.94. The number of aromatic nitrogens is 2. The first-order valence-corrected chi connectivity index (χ1v) is 11.5. The van der Waals surface area contributed by atoms with Crippen molar-refractivity contribution in [1.82, 2.24) is 9.78 Å². The minimum absolute atomic E-state index is 0.148. The number of carbonyl (C=O) groups excluding carboxylic acids is 1. The molecule has 33 heavy (non-hydrogen) atoms. The molecule has 0 saturated carbocycles. The molecular formula is C28H28N4O. The van der Waals surface area contributed by atoms with E-state index in [9.17, 15) is 4.79 Å². The number of rotatable bonds is 6. The van der Waals surface area contributed by atoms with E-state index in [1.165, 1.54) is 18.5 Å². The van der Waals surface area contributed by atoms with Crippen LogP contribution in [0.5, 0.6) is 0 Å². The van der Waals surface area contributed by atoms with Crippen LogP contribution in [0.15, 0.2) is 85.1 Å². The quantitative estimate of drug-likeness (QED) is 0.418. The summed E-state index contributed by atoms with van der Waals surface area (Å²) in [5, 5.41) is 7.90. The van der Waals surface area contributed by atoms with Crippen LogP contribution in [0.25, 0.3) is 11.3 Å². The molecule has 0 spiro atoms. The number of nitrogens with one attached hydrogen (secondary N) is 1. The molecule has 1 amide bonds. The fourth-order valence-corrected chi connectivity index (χ4v) is 4.40. The van der Waals surface area contributed by atoms with Gasteiger partial charge in [-0.2, -0.15) is 5.10 Å². The normalized spacial score (nSPS) is 13.3. The molecule has 0 radical (unpaired) electrons. The Hall–Kier alpha value is -3.86. The summed E-state index contributed by atoms with van der Waals surface area (Å²) in [5.41, 5.74) is 6.44. The van der Waals surface area contributed by atoms with Gasteiger partial charge in [0.15, 0.2) is 0 Å². The first-order chi connectivity index (χ1) is 16.2. The predicted molar refractivity (Wildman–Crippen MR) is 134 cm³/mol. The summed E-state index contributed by atoms with van der Waals surface area (Å²) in [6.45, 7) is 4.86. The zero-order valence-corrected chi connectivity index (χ0v) is 18.9. The molecule has 4 aromatic rings. The average molecular weight is 437 g/mol. The maximum absolute atomic E-state index is 13.4. The van der Waals surface area contributed by atoms with Crippen LogP contribution in [0.1, 0.15) is 34.3 Å². The molecule has 5 heteroatoms. The van der Waals surface area contributed by atoms with Gasteiger partial charge in [-0.15, -0.1) is 0 Å². The van der Waals surface area contributed by atoms with Gasteiger partial charge in [0.05, 0.1) is 12.1 Å². The van der Waals surface area contributed by atoms with Crippen LogP contribution in [0.4, 0.5) is 11.4 Å². The lowest BCUT2D eigenvalue weighted by Crippen LogP contribution is -2.18. The summed E-state index contributed by atoms with van der Waals surface area (Å²) in [5.74, 6) is -0.148. The molecule has 166 valence electrons. The molecule has 1 aromatic heterocycles. The molecule has 3 aromatic carbocycles. The zero-order chi connectivity index (χ0) is 22.6. The minimum atomic E-state index is -0.148. The Morgan fingerprint density at radius 3 is 2.33 bits per heavy atom. The standard InChI is InChI=1S/C28H28N4O/c1-21-18-24(31-16-8-9-17-31)14-15-26(21)29-28(33)25-20-32(19-22-10-4-2-5-11-22)30-27(25)23-12-6-3-7-13-23/h2-7,10-15,18,20H,8-9,16-17,19H2,1H3,(H,29,33). The number of anilines is 2. The lowest BCUT2D eigenvalue weighted by atomic mass is 10.1. The molecule has 1 saturated heterocycles. The number of carbonyl (C=O) groups is 1. The number of hydrogen-bond donors (Lipinski definition) is 1. The zero-order valence-electron chi connectivity index (χ0n) is 18.9. The highest BCUT2D eigenvalue weighted by atomic mass is 16.1. The van der Waals surface area contributed by atoms with E-state index in [1.54, 1.807) is 0 Å². The van der Waals surface area contributed by atoms with Gasteiger partial charge in [0, 0.05) is 36.2 Å². The summed E-state index contributed by atoms with van der Waals surface area (Å²) in [7, 11) is 0. The maximum Gasteiger partial charge on any atom is 0.259 e. The Balaban J connectivity index is 1.43. The fourth-order valence-electron chi connectivity index (χ4n) is 4.40. The molecule has 1 aliphatic heterocycles. The molecule has 0 bridgehead atoms. The van der Waals surface area contributed by atoms with Gasteiger partial charge in [0.25, 0.3) is 5.91 Å². The second kappa shape index (κ2) is 9.33. The van der Waals surface area contributed by atoms with Crippen LogP contribution in [0.3, 0.4) is 0 Å². The SMILES string of the molecule is Cc1cc(N2CCCC2)ccc1NC(=O)c1cn(Cc2ccccc2)nc1-c1ccccc1. The van der Waals surface area contributed by atoms with Crippen molar-refractivity contribution in [1.29, 1.82) is 0 Å². The fraction of sp³-hybridized carbons (Fsp3) is 0.214. The van der Waals surface area contributed by atoms with Crippen LogP contribution in [0, 0.1) is 6.92 Å². The van der Waals surface area contributed by atoms with Gasteiger partial charge in [-0.1, -0.05) is 60.7 Å². The molecule has 5 nitrogen and oxygen atoms in total. The van der Waals surface area contributed by atoms with Gasteiger partial charge in [-0.05, 0) is 49.1 Å². The van der Waals surface area contributed by atoms with Gasteiger partial charge < -0.3 is 10.2 Å².